The molecule has 4 rings (SSSR count). The molecule has 6 heteroatoms. The van der Waals surface area contributed by atoms with Crippen LogP contribution in [0, 0.1) is 5.92 Å². The second-order valence-electron chi connectivity index (χ2n) is 6.42. The Labute approximate surface area is 143 Å². The quantitative estimate of drug-likeness (QED) is 0.897. The number of fused-ring (bicyclic) bond motifs is 1. The highest BCUT2D eigenvalue weighted by molar-refractivity contribution is 9.10. The lowest BCUT2D eigenvalue weighted by atomic mass is 9.96. The Balaban J connectivity index is 1.43. The van der Waals surface area contributed by atoms with E-state index < -0.39 is 0 Å². The van der Waals surface area contributed by atoms with Gasteiger partial charge in [-0.2, -0.15) is 0 Å². The summed E-state index contributed by atoms with van der Waals surface area (Å²) in [4.78, 5) is 23.5. The molecule has 1 saturated carbocycles. The molecule has 0 spiro atoms. The van der Waals surface area contributed by atoms with Gasteiger partial charge >= 0.3 is 0 Å². The number of piperidine rings is 1. The summed E-state index contributed by atoms with van der Waals surface area (Å²) in [5, 5.41) is 4.14. The molecule has 1 aromatic heterocycles. The molecule has 0 bridgehead atoms. The molecule has 0 atom stereocenters. The van der Waals surface area contributed by atoms with Gasteiger partial charge in [-0.3, -0.25) is 4.79 Å². The number of carbonyl (C=O) groups excluding carboxylic acids is 1. The van der Waals surface area contributed by atoms with Crippen LogP contribution in [0.5, 0.6) is 0 Å². The Kier molecular flexibility index (Phi) is 3.93. The number of amides is 1. The monoisotopic (exact) mass is 374 g/mol. The Hall–Kier alpha value is -1.69. The molecular weight excluding hydrogens is 356 g/mol. The minimum absolute atomic E-state index is 0.142. The fraction of sp³-hybridized carbons (Fsp3) is 0.471. The maximum absolute atomic E-state index is 12.1. The zero-order valence-electron chi connectivity index (χ0n) is 12.8. The molecule has 0 radical (unpaired) electrons. The lowest BCUT2D eigenvalue weighted by Crippen LogP contribution is -2.41. The molecule has 1 saturated heterocycles. The van der Waals surface area contributed by atoms with E-state index in [1.165, 1.54) is 0 Å². The van der Waals surface area contributed by atoms with Gasteiger partial charge in [0.2, 0.25) is 11.9 Å². The first kappa shape index (κ1) is 14.9. The second-order valence-corrected chi connectivity index (χ2v) is 7.33. The van der Waals surface area contributed by atoms with Gasteiger partial charge in [0.1, 0.15) is 0 Å². The first-order valence-corrected chi connectivity index (χ1v) is 8.96. The fourth-order valence-electron chi connectivity index (χ4n) is 3.04. The van der Waals surface area contributed by atoms with Crippen LogP contribution in [0.2, 0.25) is 0 Å². The first-order chi connectivity index (χ1) is 11.2. The van der Waals surface area contributed by atoms with Crippen LogP contribution in [-0.4, -0.2) is 35.0 Å². The van der Waals surface area contributed by atoms with Crippen molar-refractivity contribution in [3.05, 3.63) is 28.9 Å². The summed E-state index contributed by atoms with van der Waals surface area (Å²) < 4.78 is 1.03. The molecule has 0 unspecified atom stereocenters. The lowest BCUT2D eigenvalue weighted by Gasteiger charge is -2.31. The van der Waals surface area contributed by atoms with Crippen molar-refractivity contribution in [1.82, 2.24) is 15.3 Å². The van der Waals surface area contributed by atoms with Crippen molar-refractivity contribution >= 4 is 38.7 Å². The van der Waals surface area contributed by atoms with Gasteiger partial charge in [0.05, 0.1) is 5.52 Å². The van der Waals surface area contributed by atoms with Crippen molar-refractivity contribution < 1.29 is 4.79 Å². The summed E-state index contributed by atoms with van der Waals surface area (Å²) in [5.74, 6) is 1.14. The Morgan fingerprint density at radius 3 is 2.74 bits per heavy atom. The molecule has 1 aliphatic carbocycles. The highest BCUT2D eigenvalue weighted by Crippen LogP contribution is 2.25. The fourth-order valence-corrected chi connectivity index (χ4v) is 3.41. The van der Waals surface area contributed by atoms with Gasteiger partial charge in [0.15, 0.2) is 0 Å². The van der Waals surface area contributed by atoms with E-state index in [1.54, 1.807) is 0 Å². The summed E-state index contributed by atoms with van der Waals surface area (Å²) >= 11 is 3.47. The topological polar surface area (TPSA) is 58.1 Å². The molecular formula is C17H19BrN4O. The van der Waals surface area contributed by atoms with E-state index in [1.807, 2.05) is 24.4 Å². The second kappa shape index (κ2) is 6.07. The number of aromatic nitrogens is 2. The highest BCUT2D eigenvalue weighted by Gasteiger charge is 2.30. The van der Waals surface area contributed by atoms with Crippen LogP contribution in [0.3, 0.4) is 0 Å². The summed E-state index contributed by atoms with van der Waals surface area (Å²) in [7, 11) is 0. The molecule has 23 heavy (non-hydrogen) atoms. The van der Waals surface area contributed by atoms with E-state index in [0.717, 1.165) is 60.1 Å². The third kappa shape index (κ3) is 3.32. The Morgan fingerprint density at radius 1 is 1.22 bits per heavy atom. The third-order valence-electron chi connectivity index (χ3n) is 4.60. The number of rotatable bonds is 3. The van der Waals surface area contributed by atoms with Crippen molar-refractivity contribution in [1.29, 1.82) is 0 Å². The van der Waals surface area contributed by atoms with E-state index >= 15 is 0 Å². The summed E-state index contributed by atoms with van der Waals surface area (Å²) in [6, 6.07) is 6.46. The van der Waals surface area contributed by atoms with E-state index in [2.05, 4.69) is 36.1 Å². The number of anilines is 1. The molecule has 2 aromatic rings. The van der Waals surface area contributed by atoms with Crippen molar-refractivity contribution in [3.63, 3.8) is 0 Å². The minimum atomic E-state index is 0.142. The molecule has 1 aliphatic heterocycles. The maximum Gasteiger partial charge on any atom is 0.225 e. The molecule has 2 fully saturated rings. The lowest BCUT2D eigenvalue weighted by molar-refractivity contribution is -0.125. The molecule has 1 N–H and O–H groups in total. The molecule has 5 nitrogen and oxygen atoms in total. The zero-order valence-corrected chi connectivity index (χ0v) is 14.4. The zero-order chi connectivity index (χ0) is 15.8. The van der Waals surface area contributed by atoms with Crippen molar-refractivity contribution in [3.8, 4) is 0 Å². The molecule has 1 amide bonds. The van der Waals surface area contributed by atoms with E-state index in [0.29, 0.717) is 6.04 Å². The van der Waals surface area contributed by atoms with Gasteiger partial charge in [0, 0.05) is 41.1 Å². The van der Waals surface area contributed by atoms with Crippen molar-refractivity contribution in [2.75, 3.05) is 18.0 Å². The van der Waals surface area contributed by atoms with Crippen molar-refractivity contribution in [2.45, 2.75) is 31.7 Å². The molecule has 2 aliphatic rings. The van der Waals surface area contributed by atoms with Crippen LogP contribution < -0.4 is 10.2 Å². The van der Waals surface area contributed by atoms with Crippen LogP contribution in [0.4, 0.5) is 5.95 Å². The first-order valence-electron chi connectivity index (χ1n) is 8.17. The number of hydrogen-bond donors (Lipinski definition) is 1. The summed E-state index contributed by atoms with van der Waals surface area (Å²) in [5.41, 5.74) is 0.951. The van der Waals surface area contributed by atoms with Crippen molar-refractivity contribution in [2.24, 2.45) is 5.92 Å². The van der Waals surface area contributed by atoms with Crippen LogP contribution in [0.1, 0.15) is 25.7 Å². The Bertz CT molecular complexity index is 738. The predicted molar refractivity (Wildman–Crippen MR) is 93.3 cm³/mol. The van der Waals surface area contributed by atoms with Gasteiger partial charge in [0.25, 0.3) is 0 Å². The van der Waals surface area contributed by atoms with Gasteiger partial charge in [-0.1, -0.05) is 15.9 Å². The van der Waals surface area contributed by atoms with Crippen LogP contribution >= 0.6 is 15.9 Å². The van der Waals surface area contributed by atoms with E-state index in [9.17, 15) is 4.79 Å². The van der Waals surface area contributed by atoms with Gasteiger partial charge in [-0.15, -0.1) is 0 Å². The number of benzene rings is 1. The normalized spacial score (nSPS) is 19.1. The number of nitrogens with zero attached hydrogens (tertiary/aromatic N) is 3. The van der Waals surface area contributed by atoms with Crippen LogP contribution in [0.15, 0.2) is 28.9 Å². The summed E-state index contributed by atoms with van der Waals surface area (Å²) in [6.07, 6.45) is 5.91. The SMILES string of the molecule is O=C(NC1CC1)C1CCN(c2ncc3cc(Br)ccc3n2)CC1. The number of hydrogen-bond acceptors (Lipinski definition) is 4. The van der Waals surface area contributed by atoms with E-state index in [4.69, 9.17) is 0 Å². The van der Waals surface area contributed by atoms with Gasteiger partial charge < -0.3 is 10.2 Å². The Morgan fingerprint density at radius 2 is 2.00 bits per heavy atom. The standard InChI is InChI=1S/C17H19BrN4O/c18-13-1-4-15-12(9-13)10-19-17(21-15)22-7-5-11(6-8-22)16(23)20-14-2-3-14/h1,4,9-11,14H,2-3,5-8H2,(H,20,23). The molecule has 1 aromatic carbocycles. The summed E-state index contributed by atoms with van der Waals surface area (Å²) in [6.45, 7) is 1.68. The van der Waals surface area contributed by atoms with Crippen LogP contribution in [-0.2, 0) is 4.79 Å². The average Bonchev–Trinajstić information content (AvgIpc) is 3.38. The van der Waals surface area contributed by atoms with Gasteiger partial charge in [-0.25, -0.2) is 9.97 Å². The largest absolute Gasteiger partial charge is 0.353 e. The van der Waals surface area contributed by atoms with Gasteiger partial charge in [-0.05, 0) is 43.9 Å². The number of carbonyl (C=O) groups is 1. The molecule has 2 heterocycles. The average molecular weight is 375 g/mol. The smallest absolute Gasteiger partial charge is 0.225 e. The maximum atomic E-state index is 12.1. The highest BCUT2D eigenvalue weighted by atomic mass is 79.9. The predicted octanol–water partition coefficient (Wildman–Crippen LogP) is 2.89. The van der Waals surface area contributed by atoms with E-state index in [-0.39, 0.29) is 11.8 Å². The van der Waals surface area contributed by atoms with Crippen LogP contribution in [0.25, 0.3) is 10.9 Å². The molecule has 120 valence electrons. The number of halogens is 1. The third-order valence-corrected chi connectivity index (χ3v) is 5.09. The number of nitrogens with one attached hydrogen (secondary N) is 1. The minimum Gasteiger partial charge on any atom is -0.353 e.